The van der Waals surface area contributed by atoms with E-state index in [1.54, 1.807) is 42.5 Å². The number of rotatable bonds is 4. The van der Waals surface area contributed by atoms with Crippen LogP contribution < -0.4 is 16.0 Å². The van der Waals surface area contributed by atoms with Gasteiger partial charge in [0, 0.05) is 40.9 Å². The van der Waals surface area contributed by atoms with Crippen LogP contribution in [0.15, 0.2) is 79.1 Å². The summed E-state index contributed by atoms with van der Waals surface area (Å²) in [6.07, 6.45) is 0. The lowest BCUT2D eigenvalue weighted by Gasteiger charge is -2.04. The molecule has 8 nitrogen and oxygen atoms in total. The van der Waals surface area contributed by atoms with Gasteiger partial charge in [-0.1, -0.05) is 7.43 Å². The Morgan fingerprint density at radius 2 is 1.38 bits per heavy atom. The molecule has 10 heteroatoms. The average Bonchev–Trinajstić information content (AvgIpc) is 2.83. The molecule has 4 aromatic rings. The molecule has 2 heterocycles. The van der Waals surface area contributed by atoms with Gasteiger partial charge in [0.15, 0.2) is 0 Å². The number of phenolic OH excluding ortho intramolecular Hbond substituents is 1. The molecule has 0 aliphatic rings. The summed E-state index contributed by atoms with van der Waals surface area (Å²) in [6, 6.07) is 15.9. The van der Waals surface area contributed by atoms with Crippen molar-refractivity contribution in [3.8, 4) is 11.5 Å². The van der Waals surface area contributed by atoms with Crippen molar-refractivity contribution in [3.63, 3.8) is 0 Å². The van der Waals surface area contributed by atoms with Gasteiger partial charge in [0.1, 0.15) is 29.3 Å². The second-order valence-corrected chi connectivity index (χ2v) is 6.29. The molecule has 186 valence electrons. The van der Waals surface area contributed by atoms with Crippen LogP contribution >= 0.6 is 11.6 Å². The number of hydrogen-bond donors (Lipinski definition) is 3. The Balaban J connectivity index is 0.000000518. The van der Waals surface area contributed by atoms with Gasteiger partial charge in [0.2, 0.25) is 0 Å². The minimum absolute atomic E-state index is 0. The van der Waals surface area contributed by atoms with Crippen molar-refractivity contribution in [1.29, 1.82) is 0 Å². The lowest BCUT2D eigenvalue weighted by molar-refractivity contribution is 0.201. The number of ether oxygens (including phenoxy) is 1. The summed E-state index contributed by atoms with van der Waals surface area (Å²) in [5.41, 5.74) is 0.0929. The van der Waals surface area contributed by atoms with Crippen LogP contribution in [0.1, 0.15) is 8.80 Å². The third kappa shape index (κ3) is 10.5. The Hall–Kier alpha value is -3.40. The molecule has 0 unspecified atom stereocenters. The monoisotopic (exact) mass is 499 g/mol. The summed E-state index contributed by atoms with van der Waals surface area (Å²) in [7, 11) is -1.00. The molecular formula is C24H28ClFO8. The zero-order chi connectivity index (χ0) is 25.3. The highest BCUT2D eigenvalue weighted by Gasteiger charge is 2.00. The smallest absolute Gasteiger partial charge is 0.336 e. The van der Waals surface area contributed by atoms with E-state index in [1.807, 2.05) is 0 Å². The predicted octanol–water partition coefficient (Wildman–Crippen LogP) is 4.10. The van der Waals surface area contributed by atoms with Gasteiger partial charge in [0.05, 0.1) is 21.7 Å². The third-order valence-electron chi connectivity index (χ3n) is 3.65. The Morgan fingerprint density at radius 1 is 0.912 bits per heavy atom. The van der Waals surface area contributed by atoms with Crippen LogP contribution in [0.5, 0.6) is 11.5 Å². The standard InChI is InChI=1S/C11H10O4.C9H6O3.C2H5ClO.CH3F.CH4/c12-5-6-14-9-3-1-8-2-4-11(13)15-10(8)7-9;10-7-3-1-6-2-4-9(11)12-8(6)5-7;3-1-2-4;1-2;/h1-4,7,12H,5-6H2;1-5,10H;4H,1-2H2;1H3;1H4/i;;;1D;. The van der Waals surface area contributed by atoms with E-state index in [0.29, 0.717) is 22.8 Å². The van der Waals surface area contributed by atoms with Crippen LogP contribution in [0.2, 0.25) is 0 Å². The third-order valence-corrected chi connectivity index (χ3v) is 3.81. The van der Waals surface area contributed by atoms with Crippen molar-refractivity contribution >= 4 is 33.5 Å². The van der Waals surface area contributed by atoms with Gasteiger partial charge in [-0.25, -0.2) is 9.59 Å². The normalized spacial score (nSPS) is 9.71. The van der Waals surface area contributed by atoms with Crippen molar-refractivity contribution in [2.24, 2.45) is 0 Å². The number of halogens is 2. The maximum atomic E-state index is 11.0. The van der Waals surface area contributed by atoms with Crippen molar-refractivity contribution in [2.45, 2.75) is 7.43 Å². The molecule has 4 rings (SSSR count). The Morgan fingerprint density at radius 3 is 1.88 bits per heavy atom. The molecule has 34 heavy (non-hydrogen) atoms. The molecular weight excluding hydrogens is 471 g/mol. The fourth-order valence-electron chi connectivity index (χ4n) is 2.34. The number of phenols is 1. The van der Waals surface area contributed by atoms with Gasteiger partial charge >= 0.3 is 11.3 Å². The highest BCUT2D eigenvalue weighted by atomic mass is 35.5. The van der Waals surface area contributed by atoms with Crippen molar-refractivity contribution in [2.75, 3.05) is 32.9 Å². The molecule has 0 aliphatic carbocycles. The Kier molecular flexibility index (Phi) is 14.4. The fraction of sp³-hybridized carbons (Fsp3) is 0.250. The molecule has 0 fully saturated rings. The summed E-state index contributed by atoms with van der Waals surface area (Å²) in [5.74, 6) is 1.02. The number of fused-ring (bicyclic) bond motifs is 2. The van der Waals surface area contributed by atoms with Crippen molar-refractivity contribution in [3.05, 3.63) is 81.5 Å². The maximum Gasteiger partial charge on any atom is 0.336 e. The second kappa shape index (κ2) is 17.1. The molecule has 2 aromatic carbocycles. The van der Waals surface area contributed by atoms with Crippen LogP contribution in [-0.2, 0) is 0 Å². The van der Waals surface area contributed by atoms with E-state index in [4.69, 9.17) is 41.9 Å². The molecule has 3 N–H and O–H groups in total. The van der Waals surface area contributed by atoms with E-state index in [1.165, 1.54) is 18.2 Å². The summed E-state index contributed by atoms with van der Waals surface area (Å²) in [6.45, 7) is 0.265. The Bertz CT molecular complexity index is 1240. The van der Waals surface area contributed by atoms with Gasteiger partial charge in [0.25, 0.3) is 0 Å². The number of aliphatic hydroxyl groups is 2. The minimum atomic E-state index is -1.00. The quantitative estimate of drug-likeness (QED) is 0.282. The topological polar surface area (TPSA) is 130 Å². The van der Waals surface area contributed by atoms with Gasteiger partial charge in [-0.3, -0.25) is 4.39 Å². The first-order valence-electron chi connectivity index (χ1n) is 10.1. The first kappa shape index (κ1) is 28.6. The van der Waals surface area contributed by atoms with E-state index in [2.05, 4.69) is 0 Å². The number of alkyl halides is 2. The number of aliphatic hydroxyl groups excluding tert-OH is 2. The summed E-state index contributed by atoms with van der Waals surface area (Å²) >= 11 is 4.94. The molecule has 0 saturated carbocycles. The van der Waals surface area contributed by atoms with Crippen LogP contribution in [0, 0.1) is 0 Å². The van der Waals surface area contributed by atoms with Gasteiger partial charge in [-0.15, -0.1) is 11.6 Å². The van der Waals surface area contributed by atoms with Crippen LogP contribution in [0.4, 0.5) is 4.39 Å². The molecule has 0 bridgehead atoms. The highest BCUT2D eigenvalue weighted by molar-refractivity contribution is 6.17. The molecule has 0 atom stereocenters. The molecule has 0 radical (unpaired) electrons. The lowest BCUT2D eigenvalue weighted by Crippen LogP contribution is -2.01. The van der Waals surface area contributed by atoms with Crippen LogP contribution in [0.25, 0.3) is 21.9 Å². The molecule has 0 amide bonds. The highest BCUT2D eigenvalue weighted by Crippen LogP contribution is 2.19. The molecule has 0 saturated heterocycles. The van der Waals surface area contributed by atoms with Gasteiger partial charge in [-0.05, 0) is 36.4 Å². The number of hydrogen-bond acceptors (Lipinski definition) is 8. The largest absolute Gasteiger partial charge is 0.508 e. The fourth-order valence-corrected chi connectivity index (χ4v) is 2.34. The first-order valence-corrected chi connectivity index (χ1v) is 9.94. The SMILES string of the molecule is C.O=c1ccc2ccc(O)cc2o1.O=c1ccc2ccc(OCCO)cc2o1.OCCCl.[2H]CF. The van der Waals surface area contributed by atoms with E-state index in [9.17, 15) is 14.0 Å². The number of benzene rings is 2. The van der Waals surface area contributed by atoms with E-state index < -0.39 is 12.8 Å². The van der Waals surface area contributed by atoms with Crippen molar-refractivity contribution in [1.82, 2.24) is 0 Å². The summed E-state index contributed by atoms with van der Waals surface area (Å²) in [5, 5.41) is 27.0. The number of aromatic hydroxyl groups is 1. The second-order valence-electron chi connectivity index (χ2n) is 5.92. The predicted molar refractivity (Wildman–Crippen MR) is 131 cm³/mol. The van der Waals surface area contributed by atoms with Gasteiger partial charge < -0.3 is 28.9 Å². The average molecular weight is 500 g/mol. The van der Waals surface area contributed by atoms with Crippen molar-refractivity contribution < 1.29 is 34.7 Å². The molecule has 0 spiro atoms. The zero-order valence-electron chi connectivity index (χ0n) is 18.4. The summed E-state index contributed by atoms with van der Waals surface area (Å²) < 4.78 is 30.5. The molecule has 0 aliphatic heterocycles. The maximum absolute atomic E-state index is 11.0. The van der Waals surface area contributed by atoms with Gasteiger partial charge in [-0.2, -0.15) is 0 Å². The summed E-state index contributed by atoms with van der Waals surface area (Å²) in [4.78, 5) is 21.7. The van der Waals surface area contributed by atoms with Crippen LogP contribution in [-0.4, -0.2) is 48.2 Å². The first-order chi connectivity index (χ1) is 16.4. The zero-order valence-corrected chi connectivity index (χ0v) is 18.2. The molecule has 2 aromatic heterocycles. The van der Waals surface area contributed by atoms with E-state index in [-0.39, 0.29) is 38.6 Å². The van der Waals surface area contributed by atoms with Crippen LogP contribution in [0.3, 0.4) is 0 Å². The Labute approximate surface area is 201 Å². The minimum Gasteiger partial charge on any atom is -0.508 e. The van der Waals surface area contributed by atoms with E-state index in [0.717, 1.165) is 10.8 Å². The van der Waals surface area contributed by atoms with E-state index >= 15 is 0 Å². The lowest BCUT2D eigenvalue weighted by atomic mass is 10.2.